The smallest absolute Gasteiger partial charge is 0.270 e. The van der Waals surface area contributed by atoms with Gasteiger partial charge in [0.05, 0.1) is 24.4 Å². The summed E-state index contributed by atoms with van der Waals surface area (Å²) in [5.41, 5.74) is 2.06. The zero-order valence-electron chi connectivity index (χ0n) is 16.8. The van der Waals surface area contributed by atoms with Gasteiger partial charge in [-0.15, -0.1) is 0 Å². The lowest BCUT2D eigenvalue weighted by molar-refractivity contribution is -0.122. The van der Waals surface area contributed by atoms with Crippen LogP contribution >= 0.6 is 23.8 Å². The van der Waals surface area contributed by atoms with Crippen LogP contribution in [0.2, 0.25) is 5.02 Å². The van der Waals surface area contributed by atoms with Crippen molar-refractivity contribution in [1.29, 1.82) is 0 Å². The van der Waals surface area contributed by atoms with Gasteiger partial charge in [-0.2, -0.15) is 0 Å². The number of benzene rings is 2. The lowest BCUT2D eigenvalue weighted by Gasteiger charge is -2.29. The van der Waals surface area contributed by atoms with E-state index < -0.39 is 11.8 Å². The minimum Gasteiger partial charge on any atom is -0.493 e. The second kappa shape index (κ2) is 9.28. The van der Waals surface area contributed by atoms with Crippen LogP contribution in [0.1, 0.15) is 25.0 Å². The van der Waals surface area contributed by atoms with Crippen LogP contribution in [-0.2, 0) is 16.0 Å². The van der Waals surface area contributed by atoms with Crippen molar-refractivity contribution in [1.82, 2.24) is 5.32 Å². The maximum Gasteiger partial charge on any atom is 0.270 e. The highest BCUT2D eigenvalue weighted by molar-refractivity contribution is 7.80. The number of methoxy groups -OCH3 is 1. The molecule has 2 amide bonds. The van der Waals surface area contributed by atoms with Gasteiger partial charge in [0, 0.05) is 6.07 Å². The van der Waals surface area contributed by atoms with Gasteiger partial charge in [0.2, 0.25) is 0 Å². The van der Waals surface area contributed by atoms with Gasteiger partial charge in [0.1, 0.15) is 5.57 Å². The molecule has 156 valence electrons. The predicted octanol–water partition coefficient (Wildman–Crippen LogP) is 4.14. The highest BCUT2D eigenvalue weighted by Crippen LogP contribution is 2.35. The van der Waals surface area contributed by atoms with Gasteiger partial charge in [-0.1, -0.05) is 30.7 Å². The number of thiocarbonyl (C=S) groups is 1. The van der Waals surface area contributed by atoms with E-state index in [2.05, 4.69) is 5.32 Å². The van der Waals surface area contributed by atoms with Crippen LogP contribution in [-0.4, -0.2) is 30.6 Å². The van der Waals surface area contributed by atoms with Crippen molar-refractivity contribution in [3.8, 4) is 11.5 Å². The Bertz CT molecular complexity index is 1030. The molecule has 1 heterocycles. The van der Waals surface area contributed by atoms with E-state index in [0.29, 0.717) is 34.4 Å². The second-order valence-electron chi connectivity index (χ2n) is 6.44. The predicted molar refractivity (Wildman–Crippen MR) is 121 cm³/mol. The first-order valence-corrected chi connectivity index (χ1v) is 10.2. The Morgan fingerprint density at radius 1 is 1.13 bits per heavy atom. The number of amides is 2. The quantitative estimate of drug-likeness (QED) is 0.412. The van der Waals surface area contributed by atoms with Crippen LogP contribution in [0.5, 0.6) is 11.5 Å². The van der Waals surface area contributed by atoms with E-state index in [1.54, 1.807) is 24.3 Å². The normalized spacial score (nSPS) is 15.4. The first-order valence-electron chi connectivity index (χ1n) is 9.40. The SMILES string of the molecule is CCOc1cc(Cl)c(/C=C2\C(=O)NC(=S)N(c3ccc(CC)cc3)C2=O)cc1OC. The largest absolute Gasteiger partial charge is 0.493 e. The van der Waals surface area contributed by atoms with Crippen molar-refractivity contribution in [3.05, 3.63) is 58.1 Å². The zero-order chi connectivity index (χ0) is 21.8. The molecule has 0 radical (unpaired) electrons. The molecule has 0 aliphatic carbocycles. The number of hydrogen-bond donors (Lipinski definition) is 1. The number of halogens is 1. The molecule has 0 saturated carbocycles. The number of aryl methyl sites for hydroxylation is 1. The molecule has 2 aromatic rings. The third-order valence-corrected chi connectivity index (χ3v) is 5.20. The number of hydrogen-bond acceptors (Lipinski definition) is 5. The standard InChI is InChI=1S/C22H21ClN2O4S/c1-4-13-6-8-15(9-7-13)25-21(27)16(20(26)24-22(25)30)10-14-11-18(28-3)19(29-5-2)12-17(14)23/h6-12H,4-5H2,1-3H3,(H,24,26,30)/b16-10+. The van der Waals surface area contributed by atoms with Crippen LogP contribution in [0.4, 0.5) is 5.69 Å². The fourth-order valence-electron chi connectivity index (χ4n) is 3.02. The monoisotopic (exact) mass is 444 g/mol. The molecule has 6 nitrogen and oxygen atoms in total. The van der Waals surface area contributed by atoms with Crippen molar-refractivity contribution in [2.45, 2.75) is 20.3 Å². The van der Waals surface area contributed by atoms with Crippen LogP contribution < -0.4 is 19.7 Å². The molecule has 1 saturated heterocycles. The fourth-order valence-corrected chi connectivity index (χ4v) is 3.51. The average molecular weight is 445 g/mol. The Balaban J connectivity index is 2.02. The Labute approximate surface area is 185 Å². The first-order chi connectivity index (χ1) is 14.4. The summed E-state index contributed by atoms with van der Waals surface area (Å²) in [4.78, 5) is 27.0. The van der Waals surface area contributed by atoms with E-state index in [1.807, 2.05) is 26.0 Å². The molecule has 0 bridgehead atoms. The summed E-state index contributed by atoms with van der Waals surface area (Å²) in [6.07, 6.45) is 2.30. The van der Waals surface area contributed by atoms with Crippen LogP contribution in [0.3, 0.4) is 0 Å². The van der Waals surface area contributed by atoms with Crippen molar-refractivity contribution in [3.63, 3.8) is 0 Å². The third kappa shape index (κ3) is 4.32. The average Bonchev–Trinajstić information content (AvgIpc) is 2.73. The number of nitrogens with one attached hydrogen (secondary N) is 1. The Kier molecular flexibility index (Phi) is 6.74. The van der Waals surface area contributed by atoms with Crippen molar-refractivity contribution in [2.24, 2.45) is 0 Å². The molecular formula is C22H21ClN2O4S. The molecular weight excluding hydrogens is 424 g/mol. The number of rotatable bonds is 6. The van der Waals surface area contributed by atoms with Gasteiger partial charge in [-0.3, -0.25) is 19.8 Å². The van der Waals surface area contributed by atoms with E-state index in [1.165, 1.54) is 18.1 Å². The van der Waals surface area contributed by atoms with Gasteiger partial charge in [0.25, 0.3) is 11.8 Å². The summed E-state index contributed by atoms with van der Waals surface area (Å²) in [6, 6.07) is 10.6. The number of anilines is 1. The van der Waals surface area contributed by atoms with E-state index in [-0.39, 0.29) is 10.7 Å². The van der Waals surface area contributed by atoms with Gasteiger partial charge in [-0.05, 0) is 61.0 Å². The van der Waals surface area contributed by atoms with Crippen LogP contribution in [0.15, 0.2) is 42.0 Å². The Morgan fingerprint density at radius 3 is 2.43 bits per heavy atom. The molecule has 8 heteroatoms. The summed E-state index contributed by atoms with van der Waals surface area (Å²) in [5.74, 6) is -0.197. The van der Waals surface area contributed by atoms with Crippen molar-refractivity contribution < 1.29 is 19.1 Å². The number of ether oxygens (including phenoxy) is 2. The molecule has 1 fully saturated rings. The summed E-state index contributed by atoms with van der Waals surface area (Å²) in [6.45, 7) is 4.33. The van der Waals surface area contributed by atoms with Gasteiger partial charge in [0.15, 0.2) is 16.6 Å². The molecule has 1 aliphatic heterocycles. The molecule has 2 aromatic carbocycles. The summed E-state index contributed by atoms with van der Waals surface area (Å²) in [5, 5.41) is 2.92. The number of nitrogens with zero attached hydrogens (tertiary/aromatic N) is 1. The molecule has 3 rings (SSSR count). The van der Waals surface area contributed by atoms with E-state index in [4.69, 9.17) is 33.3 Å². The zero-order valence-corrected chi connectivity index (χ0v) is 18.4. The highest BCUT2D eigenvalue weighted by Gasteiger charge is 2.34. The minimum absolute atomic E-state index is 0.0294. The van der Waals surface area contributed by atoms with E-state index >= 15 is 0 Å². The fraction of sp³-hybridized carbons (Fsp3) is 0.227. The highest BCUT2D eigenvalue weighted by atomic mass is 35.5. The number of carbonyl (C=O) groups is 2. The van der Waals surface area contributed by atoms with Crippen LogP contribution in [0.25, 0.3) is 6.08 Å². The lowest BCUT2D eigenvalue weighted by atomic mass is 10.1. The lowest BCUT2D eigenvalue weighted by Crippen LogP contribution is -2.54. The molecule has 30 heavy (non-hydrogen) atoms. The van der Waals surface area contributed by atoms with E-state index in [0.717, 1.165) is 12.0 Å². The molecule has 0 spiro atoms. The van der Waals surface area contributed by atoms with Gasteiger partial charge in [-0.25, -0.2) is 0 Å². The van der Waals surface area contributed by atoms with Gasteiger partial charge >= 0.3 is 0 Å². The molecule has 1 N–H and O–H groups in total. The minimum atomic E-state index is -0.588. The van der Waals surface area contributed by atoms with Crippen molar-refractivity contribution >= 4 is 52.5 Å². The van der Waals surface area contributed by atoms with Crippen molar-refractivity contribution in [2.75, 3.05) is 18.6 Å². The Hall–Kier alpha value is -2.90. The summed E-state index contributed by atoms with van der Waals surface area (Å²) < 4.78 is 10.8. The van der Waals surface area contributed by atoms with E-state index in [9.17, 15) is 9.59 Å². The van der Waals surface area contributed by atoms with Gasteiger partial charge < -0.3 is 9.47 Å². The maximum atomic E-state index is 13.2. The Morgan fingerprint density at radius 2 is 1.83 bits per heavy atom. The maximum absolute atomic E-state index is 13.2. The summed E-state index contributed by atoms with van der Waals surface area (Å²) in [7, 11) is 1.50. The topological polar surface area (TPSA) is 67.9 Å². The summed E-state index contributed by atoms with van der Waals surface area (Å²) >= 11 is 11.6. The third-order valence-electron chi connectivity index (χ3n) is 4.59. The first kappa shape index (κ1) is 21.8. The molecule has 0 unspecified atom stereocenters. The van der Waals surface area contributed by atoms with Crippen LogP contribution in [0, 0.1) is 0 Å². The molecule has 0 aromatic heterocycles. The number of carbonyl (C=O) groups excluding carboxylic acids is 2. The molecule has 1 aliphatic rings. The second-order valence-corrected chi connectivity index (χ2v) is 7.23. The molecule has 0 atom stereocenters.